The summed E-state index contributed by atoms with van der Waals surface area (Å²) in [6, 6.07) is 0. The minimum absolute atomic E-state index is 0.00921. The highest BCUT2D eigenvalue weighted by molar-refractivity contribution is 4.42. The maximum absolute atomic E-state index is 8.44. The Kier molecular flexibility index (Phi) is 14.9. The molecule has 0 spiro atoms. The van der Waals surface area contributed by atoms with E-state index in [0.29, 0.717) is 6.42 Å². The fraction of sp³-hybridized carbons (Fsp3) is 1.00. The molecule has 4 heteroatoms. The third-order valence-corrected chi connectivity index (χ3v) is 1.41. The monoisotopic (exact) mass is 208 g/mol. The van der Waals surface area contributed by atoms with E-state index < -0.39 is 6.29 Å². The molecular formula is C10H24O4. The van der Waals surface area contributed by atoms with E-state index in [1.165, 1.54) is 0 Å². The van der Waals surface area contributed by atoms with Gasteiger partial charge >= 0.3 is 0 Å². The number of ether oxygens (including phenoxy) is 1. The van der Waals surface area contributed by atoms with Crippen LogP contribution in [-0.4, -0.2) is 40.9 Å². The minimum Gasteiger partial charge on any atom is -0.394 e. The van der Waals surface area contributed by atoms with Crippen LogP contribution in [0.3, 0.4) is 0 Å². The molecule has 1 unspecified atom stereocenters. The Morgan fingerprint density at radius 2 is 1.71 bits per heavy atom. The van der Waals surface area contributed by atoms with E-state index in [0.717, 1.165) is 19.4 Å². The predicted octanol–water partition coefficient (Wildman–Crippen LogP) is 0.891. The van der Waals surface area contributed by atoms with E-state index >= 15 is 0 Å². The van der Waals surface area contributed by atoms with Crippen molar-refractivity contribution in [3.8, 4) is 0 Å². The smallest absolute Gasteiger partial charge is 0.151 e. The van der Waals surface area contributed by atoms with Crippen molar-refractivity contribution in [2.75, 3.05) is 13.2 Å². The van der Waals surface area contributed by atoms with Crippen molar-refractivity contribution < 1.29 is 20.1 Å². The van der Waals surface area contributed by atoms with Crippen LogP contribution in [-0.2, 0) is 4.74 Å². The Morgan fingerprint density at radius 3 is 1.93 bits per heavy atom. The average molecular weight is 208 g/mol. The normalized spacial score (nSPS) is 12.2. The van der Waals surface area contributed by atoms with Gasteiger partial charge in [-0.25, -0.2) is 0 Å². The molecule has 88 valence electrons. The summed E-state index contributed by atoms with van der Waals surface area (Å²) in [5.74, 6) is 0. The van der Waals surface area contributed by atoms with Gasteiger partial charge in [0.2, 0.25) is 0 Å². The van der Waals surface area contributed by atoms with Gasteiger partial charge in [0.05, 0.1) is 12.7 Å². The quantitative estimate of drug-likeness (QED) is 0.567. The van der Waals surface area contributed by atoms with Crippen LogP contribution in [0.1, 0.15) is 40.0 Å². The topological polar surface area (TPSA) is 69.9 Å². The molecular weight excluding hydrogens is 184 g/mol. The molecule has 0 aromatic carbocycles. The highest BCUT2D eigenvalue weighted by Gasteiger charge is 1.95. The van der Waals surface area contributed by atoms with Crippen molar-refractivity contribution in [1.82, 2.24) is 0 Å². The Labute approximate surface area is 86.5 Å². The van der Waals surface area contributed by atoms with Crippen molar-refractivity contribution in [2.24, 2.45) is 0 Å². The van der Waals surface area contributed by atoms with Gasteiger partial charge in [0.15, 0.2) is 6.29 Å². The first kappa shape index (κ1) is 16.3. The van der Waals surface area contributed by atoms with Crippen LogP contribution >= 0.6 is 0 Å². The van der Waals surface area contributed by atoms with Gasteiger partial charge in [0.25, 0.3) is 0 Å². The van der Waals surface area contributed by atoms with Gasteiger partial charge in [-0.2, -0.15) is 0 Å². The largest absolute Gasteiger partial charge is 0.394 e. The van der Waals surface area contributed by atoms with E-state index in [4.69, 9.17) is 20.1 Å². The molecule has 3 N–H and O–H groups in total. The third kappa shape index (κ3) is 17.8. The van der Waals surface area contributed by atoms with Crippen LogP contribution in [0.15, 0.2) is 0 Å². The number of aliphatic hydroxyl groups excluding tert-OH is 2. The summed E-state index contributed by atoms with van der Waals surface area (Å²) in [4.78, 5) is 0. The third-order valence-electron chi connectivity index (χ3n) is 1.41. The lowest BCUT2D eigenvalue weighted by molar-refractivity contribution is -0.0453. The molecule has 1 atom stereocenters. The zero-order valence-electron chi connectivity index (χ0n) is 9.44. The maximum Gasteiger partial charge on any atom is 0.151 e. The summed E-state index contributed by atoms with van der Waals surface area (Å²) in [6.07, 6.45) is 1.24. The van der Waals surface area contributed by atoms with Crippen molar-refractivity contribution in [3.05, 3.63) is 0 Å². The molecule has 0 aromatic rings. The molecule has 0 bridgehead atoms. The Bertz CT molecular complexity index is 96.1. The first-order valence-corrected chi connectivity index (χ1v) is 5.17. The predicted molar refractivity (Wildman–Crippen MR) is 55.9 cm³/mol. The van der Waals surface area contributed by atoms with Crippen molar-refractivity contribution >= 4 is 0 Å². The zero-order chi connectivity index (χ0) is 11.4. The van der Waals surface area contributed by atoms with Gasteiger partial charge in [-0.1, -0.05) is 20.3 Å². The Hall–Kier alpha value is -0.160. The molecule has 0 aliphatic rings. The van der Waals surface area contributed by atoms with Gasteiger partial charge in [0.1, 0.15) is 0 Å². The summed E-state index contributed by atoms with van der Waals surface area (Å²) in [5.41, 5.74) is 0. The SMILES string of the molecule is CCCC(O)O.CCCOC(C)CO. The van der Waals surface area contributed by atoms with Gasteiger partial charge in [0, 0.05) is 6.61 Å². The van der Waals surface area contributed by atoms with E-state index in [2.05, 4.69) is 0 Å². The lowest BCUT2D eigenvalue weighted by Gasteiger charge is -2.06. The molecule has 0 aliphatic heterocycles. The molecule has 0 heterocycles. The molecule has 14 heavy (non-hydrogen) atoms. The van der Waals surface area contributed by atoms with Crippen LogP contribution in [0.2, 0.25) is 0 Å². The van der Waals surface area contributed by atoms with Crippen LogP contribution < -0.4 is 0 Å². The zero-order valence-corrected chi connectivity index (χ0v) is 9.44. The molecule has 0 saturated carbocycles. The number of hydrogen-bond acceptors (Lipinski definition) is 4. The molecule has 0 amide bonds. The second kappa shape index (κ2) is 12.8. The van der Waals surface area contributed by atoms with E-state index in [1.54, 1.807) is 0 Å². The van der Waals surface area contributed by atoms with E-state index in [-0.39, 0.29) is 12.7 Å². The molecule has 0 saturated heterocycles. The average Bonchev–Trinajstić information content (AvgIpc) is 2.15. The van der Waals surface area contributed by atoms with Crippen LogP contribution in [0, 0.1) is 0 Å². The first-order chi connectivity index (χ1) is 6.58. The summed E-state index contributed by atoms with van der Waals surface area (Å²) < 4.78 is 5.09. The van der Waals surface area contributed by atoms with Gasteiger partial charge in [-0.05, 0) is 19.8 Å². The Balaban J connectivity index is 0. The highest BCUT2D eigenvalue weighted by atomic mass is 16.5. The first-order valence-electron chi connectivity index (χ1n) is 5.17. The Morgan fingerprint density at radius 1 is 1.14 bits per heavy atom. The lowest BCUT2D eigenvalue weighted by atomic mass is 10.3. The van der Waals surface area contributed by atoms with Crippen LogP contribution in [0.4, 0.5) is 0 Å². The van der Waals surface area contributed by atoms with Crippen molar-refractivity contribution in [2.45, 2.75) is 52.4 Å². The molecule has 0 fully saturated rings. The van der Waals surface area contributed by atoms with Crippen LogP contribution in [0.25, 0.3) is 0 Å². The summed E-state index contributed by atoms with van der Waals surface area (Å²) in [5, 5.41) is 24.7. The number of hydrogen-bond donors (Lipinski definition) is 3. The standard InChI is InChI=1S/C6H14O2.C4H10O2/c1-3-4-8-6(2)5-7;1-2-3-4(5)6/h6-7H,3-5H2,1-2H3;4-6H,2-3H2,1H3. The summed E-state index contributed by atoms with van der Waals surface area (Å²) >= 11 is 0. The fourth-order valence-electron chi connectivity index (χ4n) is 0.630. The summed E-state index contributed by atoms with van der Waals surface area (Å²) in [6.45, 7) is 6.68. The molecule has 0 radical (unpaired) electrons. The second-order valence-electron chi connectivity index (χ2n) is 3.13. The second-order valence-corrected chi connectivity index (χ2v) is 3.13. The molecule has 4 nitrogen and oxygen atoms in total. The van der Waals surface area contributed by atoms with Gasteiger partial charge < -0.3 is 20.1 Å². The van der Waals surface area contributed by atoms with Crippen LogP contribution in [0.5, 0.6) is 0 Å². The summed E-state index contributed by atoms with van der Waals surface area (Å²) in [7, 11) is 0. The molecule has 0 aromatic heterocycles. The highest BCUT2D eigenvalue weighted by Crippen LogP contribution is 1.89. The molecule has 0 rings (SSSR count). The van der Waals surface area contributed by atoms with Crippen molar-refractivity contribution in [1.29, 1.82) is 0 Å². The van der Waals surface area contributed by atoms with E-state index in [9.17, 15) is 0 Å². The minimum atomic E-state index is -1.10. The van der Waals surface area contributed by atoms with E-state index in [1.807, 2.05) is 20.8 Å². The van der Waals surface area contributed by atoms with Gasteiger partial charge in [-0.3, -0.25) is 0 Å². The van der Waals surface area contributed by atoms with Gasteiger partial charge in [-0.15, -0.1) is 0 Å². The molecule has 0 aliphatic carbocycles. The number of rotatable bonds is 6. The lowest BCUT2D eigenvalue weighted by Crippen LogP contribution is -2.12. The number of aliphatic hydroxyl groups is 3. The fourth-order valence-corrected chi connectivity index (χ4v) is 0.630. The van der Waals surface area contributed by atoms with Crippen molar-refractivity contribution in [3.63, 3.8) is 0 Å². The maximum atomic E-state index is 8.44.